The standard InChI is InChI=1S/C7H5N3O2.C7H7N3.C7H8N2O2.C2H4O2.HNO2.Na.H2/c11-10(12)7-3-1-2-6-5(7)4-8-9-6;8-6-2-1-3-7-5(6)4-9-10-7;1-5-6(8)3-2-4-7(5)9(10)11;1-2(3)4;2-1-3;;/h1-4H,(H,8,9);1-4H,8H2,(H,9,10);2-4H,8H2,1H3;1H3,(H,3,4);(H,2,3);;1H/q;;;;;+1;/p-1. The second kappa shape index (κ2) is 18.2. The summed E-state index contributed by atoms with van der Waals surface area (Å²) in [5, 5.41) is 51.8. The first-order valence-corrected chi connectivity index (χ1v) is 10.8. The van der Waals surface area contributed by atoms with Gasteiger partial charge < -0.3 is 26.7 Å². The zero-order chi connectivity index (χ0) is 30.2. The average molecular weight is 580 g/mol. The molecule has 17 nitrogen and oxygen atoms in total. The molecule has 0 unspecified atom stereocenters. The number of hydrogen-bond donors (Lipinski definition) is 5. The molecule has 2 heterocycles. The third-order valence-electron chi connectivity index (χ3n) is 4.72. The molecule has 0 aliphatic rings. The predicted molar refractivity (Wildman–Crippen MR) is 150 cm³/mol. The summed E-state index contributed by atoms with van der Waals surface area (Å²) in [4.78, 5) is 36.9. The number of anilines is 2. The molecule has 0 amide bonds. The molecule has 0 fully saturated rings. The summed E-state index contributed by atoms with van der Waals surface area (Å²) in [7, 11) is 0. The van der Waals surface area contributed by atoms with Crippen LogP contribution in [0.1, 0.15) is 13.9 Å². The fourth-order valence-corrected chi connectivity index (χ4v) is 2.94. The number of rotatable bonds is 2. The number of nitrogens with zero attached hydrogens (tertiary/aromatic N) is 5. The molecule has 3 aromatic carbocycles. The Morgan fingerprint density at radius 3 is 1.73 bits per heavy atom. The molecule has 0 saturated heterocycles. The number of hydrogen-bond acceptors (Lipinski definition) is 12. The fourth-order valence-electron chi connectivity index (χ4n) is 2.94. The van der Waals surface area contributed by atoms with Crippen molar-refractivity contribution >= 4 is 50.5 Å². The normalized spacial score (nSPS) is 9.02. The number of fused-ring (bicyclic) bond motifs is 2. The van der Waals surface area contributed by atoms with Gasteiger partial charge in [-0.2, -0.15) is 10.2 Å². The van der Waals surface area contributed by atoms with E-state index in [4.69, 9.17) is 31.5 Å². The van der Waals surface area contributed by atoms with Crippen molar-refractivity contribution in [3.63, 3.8) is 0 Å². The second-order valence-corrected chi connectivity index (χ2v) is 7.39. The third-order valence-corrected chi connectivity index (χ3v) is 4.72. The van der Waals surface area contributed by atoms with E-state index in [0.717, 1.165) is 28.9 Å². The Bertz CT molecular complexity index is 1590. The zero-order valence-corrected chi connectivity index (χ0v) is 24.0. The minimum atomic E-state index is -0.833. The molecule has 41 heavy (non-hydrogen) atoms. The van der Waals surface area contributed by atoms with Crippen LogP contribution >= 0.6 is 0 Å². The molecule has 5 rings (SSSR count). The van der Waals surface area contributed by atoms with Gasteiger partial charge in [-0.3, -0.25) is 35.2 Å². The molecule has 0 aliphatic carbocycles. The van der Waals surface area contributed by atoms with E-state index in [-0.39, 0.29) is 42.4 Å². The van der Waals surface area contributed by atoms with E-state index in [9.17, 15) is 20.2 Å². The first-order chi connectivity index (χ1) is 18.9. The summed E-state index contributed by atoms with van der Waals surface area (Å²) in [6.07, 6.45) is 3.18. The predicted octanol–water partition coefficient (Wildman–Crippen LogP) is 1.69. The van der Waals surface area contributed by atoms with Crippen LogP contribution in [0.15, 0.2) is 72.3 Å². The molecular formula is C23H26N9NaO8. The van der Waals surface area contributed by atoms with Crippen LogP contribution in [0, 0.1) is 37.3 Å². The van der Waals surface area contributed by atoms with Gasteiger partial charge in [-0.05, 0) is 31.2 Å². The van der Waals surface area contributed by atoms with Crippen LogP contribution in [0.2, 0.25) is 0 Å². The van der Waals surface area contributed by atoms with Crippen LogP contribution in [0.3, 0.4) is 0 Å². The van der Waals surface area contributed by atoms with Crippen molar-refractivity contribution in [2.24, 2.45) is 5.34 Å². The van der Waals surface area contributed by atoms with E-state index in [0.29, 0.717) is 22.2 Å². The number of carboxylic acid groups (broad SMARTS) is 1. The van der Waals surface area contributed by atoms with Crippen molar-refractivity contribution in [2.75, 3.05) is 11.5 Å². The van der Waals surface area contributed by atoms with Crippen LogP contribution in [-0.2, 0) is 4.79 Å². The average Bonchev–Trinajstić information content (AvgIpc) is 3.57. The molecule has 0 spiro atoms. The number of nitro benzene ring substituents is 2. The topological polar surface area (TPSA) is 285 Å². The summed E-state index contributed by atoms with van der Waals surface area (Å²) in [5.41, 5.74) is 14.7. The van der Waals surface area contributed by atoms with Gasteiger partial charge in [0.25, 0.3) is 17.3 Å². The van der Waals surface area contributed by atoms with Gasteiger partial charge in [0.2, 0.25) is 0 Å². The summed E-state index contributed by atoms with van der Waals surface area (Å²) in [5.74, 6) is -0.833. The zero-order valence-electron chi connectivity index (χ0n) is 22.0. The fraction of sp³-hybridized carbons (Fsp3) is 0.0870. The van der Waals surface area contributed by atoms with Crippen molar-refractivity contribution in [3.8, 4) is 0 Å². The van der Waals surface area contributed by atoms with E-state index < -0.39 is 15.8 Å². The molecule has 0 aliphatic heterocycles. The number of aliphatic carboxylic acids is 1. The first-order valence-electron chi connectivity index (χ1n) is 10.8. The van der Waals surface area contributed by atoms with Crippen LogP contribution < -0.4 is 41.0 Å². The number of aromatic nitrogens is 4. The Morgan fingerprint density at radius 2 is 1.27 bits per heavy atom. The SMILES string of the molecule is CC(=O)O.Cc1c(N)cccc1[N+](=O)[O-].Nc1cccc2[nH]ncc12.O=N[O-].O=[N+]([O-])c1cccc2[nH]ncc12.[HH].[Na+]. The van der Waals surface area contributed by atoms with Crippen LogP contribution in [-0.4, -0.2) is 41.3 Å². The molecule has 0 atom stereocenters. The van der Waals surface area contributed by atoms with Crippen LogP contribution in [0.25, 0.3) is 21.8 Å². The Hall–Kier alpha value is -5.13. The van der Waals surface area contributed by atoms with Gasteiger partial charge >= 0.3 is 29.6 Å². The number of aromatic amines is 2. The van der Waals surface area contributed by atoms with Crippen molar-refractivity contribution in [1.29, 1.82) is 0 Å². The summed E-state index contributed by atoms with van der Waals surface area (Å²) in [6, 6.07) is 15.2. The number of carbonyl (C=O) groups is 1. The number of carboxylic acids is 1. The Morgan fingerprint density at radius 1 is 0.878 bits per heavy atom. The maximum Gasteiger partial charge on any atom is 1.00 e. The number of nitrogens with one attached hydrogen (secondary N) is 2. The van der Waals surface area contributed by atoms with Gasteiger partial charge in [-0.15, -0.1) is 5.34 Å². The van der Waals surface area contributed by atoms with Crippen molar-refractivity contribution in [3.05, 3.63) is 103 Å². The maximum atomic E-state index is 10.5. The Balaban J connectivity index is 0. The van der Waals surface area contributed by atoms with E-state index in [1.165, 1.54) is 18.3 Å². The van der Waals surface area contributed by atoms with E-state index in [1.807, 2.05) is 18.2 Å². The van der Waals surface area contributed by atoms with Gasteiger partial charge in [-0.1, -0.05) is 18.2 Å². The van der Waals surface area contributed by atoms with Crippen molar-refractivity contribution < 1.29 is 50.7 Å². The number of nitrogen functional groups attached to an aromatic ring is 2. The number of nitrogens with two attached hydrogens (primary N) is 2. The molecular weight excluding hydrogens is 553 g/mol. The summed E-state index contributed by atoms with van der Waals surface area (Å²) in [6.45, 7) is 2.72. The molecule has 0 bridgehead atoms. The summed E-state index contributed by atoms with van der Waals surface area (Å²) < 4.78 is 0. The van der Waals surface area contributed by atoms with Crippen molar-refractivity contribution in [1.82, 2.24) is 20.4 Å². The van der Waals surface area contributed by atoms with E-state index in [1.54, 1.807) is 37.4 Å². The number of benzene rings is 3. The first kappa shape index (κ1) is 35.9. The maximum absolute atomic E-state index is 10.5. The van der Waals surface area contributed by atoms with Crippen LogP contribution in [0.5, 0.6) is 0 Å². The van der Waals surface area contributed by atoms with E-state index in [2.05, 4.69) is 20.4 Å². The van der Waals surface area contributed by atoms with Crippen molar-refractivity contribution in [2.45, 2.75) is 13.8 Å². The number of H-pyrrole nitrogens is 2. The van der Waals surface area contributed by atoms with Gasteiger partial charge in [0.15, 0.2) is 0 Å². The molecule has 0 saturated carbocycles. The quantitative estimate of drug-likeness (QED) is 0.0656. The monoisotopic (exact) mass is 579 g/mol. The van der Waals surface area contributed by atoms with Gasteiger partial charge in [-0.25, -0.2) is 0 Å². The Kier molecular flexibility index (Phi) is 15.9. The third kappa shape index (κ3) is 11.6. The van der Waals surface area contributed by atoms with Gasteiger partial charge in [0.1, 0.15) is 0 Å². The molecule has 2 aromatic heterocycles. The molecule has 7 N–H and O–H groups in total. The van der Waals surface area contributed by atoms with Gasteiger partial charge in [0.05, 0.1) is 38.7 Å². The minimum absolute atomic E-state index is 0. The number of nitro groups is 2. The van der Waals surface area contributed by atoms with Gasteiger partial charge in [0, 0.05) is 42.8 Å². The second-order valence-electron chi connectivity index (χ2n) is 7.39. The van der Waals surface area contributed by atoms with E-state index >= 15 is 0 Å². The summed E-state index contributed by atoms with van der Waals surface area (Å²) >= 11 is 0. The Labute approximate surface area is 254 Å². The molecule has 18 heteroatoms. The largest absolute Gasteiger partial charge is 1.00 e. The minimum Gasteiger partial charge on any atom is -0.481 e. The molecule has 212 valence electrons. The number of non-ortho nitro benzene ring substituents is 1. The molecule has 5 aromatic rings. The molecule has 0 radical (unpaired) electrons. The smallest absolute Gasteiger partial charge is 0.481 e. The van der Waals surface area contributed by atoms with Crippen LogP contribution in [0.4, 0.5) is 22.7 Å².